The summed E-state index contributed by atoms with van der Waals surface area (Å²) >= 11 is 7.19. The molecule has 4 nitrogen and oxygen atoms in total. The highest BCUT2D eigenvalue weighted by Crippen LogP contribution is 2.47. The number of fused-ring (bicyclic) bond motifs is 4. The summed E-state index contributed by atoms with van der Waals surface area (Å²) < 4.78 is 6.15. The lowest BCUT2D eigenvalue weighted by Gasteiger charge is -2.18. The van der Waals surface area contributed by atoms with Crippen LogP contribution in [0.25, 0.3) is 57.9 Å². The SMILES string of the molecule is CCN1/C(=C\C=C\c2sc3ccc(-c4nc5ccccc5s4)cc3[n+]2CC)Sc2ccc(-c3nc4ccccc4s3)cc21.[Cl-]. The summed E-state index contributed by atoms with van der Waals surface area (Å²) in [6.07, 6.45) is 6.71. The van der Waals surface area contributed by atoms with Crippen molar-refractivity contribution in [2.24, 2.45) is 0 Å². The van der Waals surface area contributed by atoms with Crippen molar-refractivity contribution in [1.82, 2.24) is 9.97 Å². The largest absolute Gasteiger partial charge is 1.00 e. The fourth-order valence-corrected chi connectivity index (χ4v) is 9.74. The van der Waals surface area contributed by atoms with Gasteiger partial charge >= 0.3 is 0 Å². The molecule has 0 atom stereocenters. The van der Waals surface area contributed by atoms with E-state index in [-0.39, 0.29) is 12.4 Å². The highest BCUT2D eigenvalue weighted by atomic mass is 35.5. The van der Waals surface area contributed by atoms with Gasteiger partial charge in [-0.2, -0.15) is 4.57 Å². The number of hydrogen-bond acceptors (Lipinski definition) is 7. The Hall–Kier alpha value is -3.53. The van der Waals surface area contributed by atoms with Crippen LogP contribution in [0.4, 0.5) is 5.69 Å². The quantitative estimate of drug-likeness (QED) is 0.175. The van der Waals surface area contributed by atoms with Gasteiger partial charge in [-0.3, -0.25) is 0 Å². The third kappa shape index (κ3) is 5.14. The topological polar surface area (TPSA) is 32.9 Å². The molecule has 1 aliphatic rings. The molecule has 218 valence electrons. The highest BCUT2D eigenvalue weighted by Gasteiger charge is 2.25. The molecule has 0 aliphatic carbocycles. The molecule has 8 rings (SSSR count). The third-order valence-corrected chi connectivity index (χ3v) is 12.1. The zero-order valence-electron chi connectivity index (χ0n) is 24.0. The Morgan fingerprint density at radius 3 is 2.07 bits per heavy atom. The van der Waals surface area contributed by atoms with E-state index in [2.05, 4.69) is 126 Å². The standard InChI is InChI=1S/C35H27N4S4.ClH/c1-3-38-26-20-22(34-36-24-10-5-7-12-28(24)42-34)16-18-30(26)40-32(38)14-9-15-33-39(4-2)27-21-23(17-19-31(27)41-33)35-37-25-11-6-8-13-29(25)43-35;/h5-21H,3-4H2,1-2H3;1H/q+1;/p-1. The van der Waals surface area contributed by atoms with Crippen molar-refractivity contribution in [3.05, 3.63) is 107 Å². The van der Waals surface area contributed by atoms with Crippen LogP contribution in [0.1, 0.15) is 18.9 Å². The molecule has 4 aromatic carbocycles. The Labute approximate surface area is 278 Å². The van der Waals surface area contributed by atoms with Crippen LogP contribution in [0.15, 0.2) is 107 Å². The number of anilines is 1. The van der Waals surface area contributed by atoms with Crippen LogP contribution in [0.2, 0.25) is 0 Å². The van der Waals surface area contributed by atoms with Gasteiger partial charge in [0, 0.05) is 34.7 Å². The molecule has 0 fully saturated rings. The molecule has 9 heteroatoms. The summed E-state index contributed by atoms with van der Waals surface area (Å²) in [6, 6.07) is 30.2. The molecule has 0 saturated carbocycles. The third-order valence-electron chi connectivity index (χ3n) is 7.65. The van der Waals surface area contributed by atoms with Crippen molar-refractivity contribution < 1.29 is 17.0 Å². The maximum atomic E-state index is 4.89. The van der Waals surface area contributed by atoms with Gasteiger partial charge in [0.1, 0.15) is 21.3 Å². The Kier molecular flexibility index (Phi) is 8.03. The minimum atomic E-state index is 0. The van der Waals surface area contributed by atoms with E-state index >= 15 is 0 Å². The van der Waals surface area contributed by atoms with Crippen LogP contribution >= 0.6 is 45.8 Å². The number of rotatable bonds is 6. The van der Waals surface area contributed by atoms with Gasteiger partial charge in [-0.25, -0.2) is 9.97 Å². The molecule has 1 aliphatic heterocycles. The van der Waals surface area contributed by atoms with Gasteiger partial charge in [-0.1, -0.05) is 65.6 Å². The van der Waals surface area contributed by atoms with E-state index in [1.54, 1.807) is 22.7 Å². The molecule has 3 aromatic heterocycles. The number of allylic oxidation sites excluding steroid dienone is 2. The average molecular weight is 667 g/mol. The molecule has 0 radical (unpaired) electrons. The van der Waals surface area contributed by atoms with E-state index in [4.69, 9.17) is 9.97 Å². The monoisotopic (exact) mass is 666 g/mol. The van der Waals surface area contributed by atoms with Gasteiger partial charge in [0.2, 0.25) is 5.52 Å². The van der Waals surface area contributed by atoms with Crippen LogP contribution in [0.5, 0.6) is 0 Å². The van der Waals surface area contributed by atoms with Crippen LogP contribution in [0, 0.1) is 0 Å². The molecule has 0 N–H and O–H groups in total. The van der Waals surface area contributed by atoms with E-state index in [1.807, 2.05) is 23.1 Å². The van der Waals surface area contributed by atoms with Crippen molar-refractivity contribution in [3.8, 4) is 21.1 Å². The summed E-state index contributed by atoms with van der Waals surface area (Å²) in [4.78, 5) is 13.5. The number of thiazole rings is 3. The van der Waals surface area contributed by atoms with Crippen LogP contribution in [0.3, 0.4) is 0 Å². The normalized spacial score (nSPS) is 14.0. The van der Waals surface area contributed by atoms with Gasteiger partial charge in [0.15, 0.2) is 0 Å². The average Bonchev–Trinajstić information content (AvgIpc) is 3.81. The van der Waals surface area contributed by atoms with E-state index < -0.39 is 0 Å². The second kappa shape index (κ2) is 12.1. The Morgan fingerprint density at radius 2 is 1.41 bits per heavy atom. The molecule has 0 saturated heterocycles. The number of halogens is 1. The molecule has 0 amide bonds. The second-order valence-corrected chi connectivity index (χ2v) is 14.4. The second-order valence-electron chi connectivity index (χ2n) is 10.2. The van der Waals surface area contributed by atoms with Gasteiger partial charge in [-0.15, -0.1) is 22.7 Å². The van der Waals surface area contributed by atoms with E-state index in [9.17, 15) is 0 Å². The maximum Gasteiger partial charge on any atom is 0.262 e. The van der Waals surface area contributed by atoms with Crippen molar-refractivity contribution >= 4 is 88.2 Å². The lowest BCUT2D eigenvalue weighted by molar-refractivity contribution is -0.665. The first-order valence-electron chi connectivity index (χ1n) is 14.3. The van der Waals surface area contributed by atoms with Crippen LogP contribution < -0.4 is 21.9 Å². The zero-order valence-corrected chi connectivity index (χ0v) is 28.1. The fourth-order valence-electron chi connectivity index (χ4n) is 5.57. The van der Waals surface area contributed by atoms with Crippen LogP contribution in [-0.2, 0) is 6.54 Å². The number of aromatic nitrogens is 3. The maximum absolute atomic E-state index is 4.89. The van der Waals surface area contributed by atoms with Crippen molar-refractivity contribution in [2.45, 2.75) is 25.3 Å². The Morgan fingerprint density at radius 1 is 0.750 bits per heavy atom. The summed E-state index contributed by atoms with van der Waals surface area (Å²) in [5.41, 5.74) is 7.00. The Bertz CT molecular complexity index is 2160. The minimum absolute atomic E-state index is 0. The fraction of sp³-hybridized carbons (Fsp3) is 0.114. The number of hydrogen-bond donors (Lipinski definition) is 0. The van der Waals surface area contributed by atoms with Gasteiger partial charge in [-0.05, 0) is 62.4 Å². The van der Waals surface area contributed by atoms with Gasteiger partial charge in [0.25, 0.3) is 5.01 Å². The minimum Gasteiger partial charge on any atom is -1.00 e. The number of aryl methyl sites for hydroxylation is 1. The van der Waals surface area contributed by atoms with Crippen molar-refractivity contribution in [1.29, 1.82) is 0 Å². The highest BCUT2D eigenvalue weighted by molar-refractivity contribution is 8.03. The predicted octanol–water partition coefficient (Wildman–Crippen LogP) is 7.25. The van der Waals surface area contributed by atoms with E-state index in [0.29, 0.717) is 0 Å². The van der Waals surface area contributed by atoms with E-state index in [0.717, 1.165) is 34.1 Å². The van der Waals surface area contributed by atoms with Crippen LogP contribution in [-0.4, -0.2) is 16.5 Å². The number of para-hydroxylation sites is 2. The van der Waals surface area contributed by atoms with Crippen molar-refractivity contribution in [2.75, 3.05) is 11.4 Å². The molecular formula is C35H27ClN4S4. The first-order chi connectivity index (χ1) is 21.2. The van der Waals surface area contributed by atoms with Crippen molar-refractivity contribution in [3.63, 3.8) is 0 Å². The smallest absolute Gasteiger partial charge is 0.262 e. The predicted molar refractivity (Wildman–Crippen MR) is 187 cm³/mol. The number of thioether (sulfide) groups is 1. The molecule has 4 heterocycles. The zero-order chi connectivity index (χ0) is 28.9. The lowest BCUT2D eigenvalue weighted by atomic mass is 10.2. The molecule has 0 unspecified atom stereocenters. The lowest BCUT2D eigenvalue weighted by Crippen LogP contribution is -3.00. The summed E-state index contributed by atoms with van der Waals surface area (Å²) in [5.74, 6) is 0. The Balaban J connectivity index is 0.00000312. The summed E-state index contributed by atoms with van der Waals surface area (Å²) in [7, 11) is 0. The van der Waals surface area contributed by atoms with Gasteiger partial charge in [0.05, 0.1) is 31.1 Å². The molecule has 0 bridgehead atoms. The molecular weight excluding hydrogens is 640 g/mol. The first kappa shape index (κ1) is 29.2. The summed E-state index contributed by atoms with van der Waals surface area (Å²) in [6.45, 7) is 6.26. The first-order valence-corrected chi connectivity index (χ1v) is 17.6. The number of benzene rings is 4. The summed E-state index contributed by atoms with van der Waals surface area (Å²) in [5, 5.41) is 4.64. The van der Waals surface area contributed by atoms with Gasteiger partial charge < -0.3 is 17.3 Å². The molecule has 7 aromatic rings. The molecule has 0 spiro atoms. The molecule has 44 heavy (non-hydrogen) atoms. The van der Waals surface area contributed by atoms with E-state index in [1.165, 1.54) is 51.4 Å². The number of nitrogens with zero attached hydrogens (tertiary/aromatic N) is 4.